The summed E-state index contributed by atoms with van der Waals surface area (Å²) in [7, 11) is 1.63. The van der Waals surface area contributed by atoms with Gasteiger partial charge in [0.15, 0.2) is 0 Å². The number of nitrogens with one attached hydrogen (secondary N) is 1. The molecule has 16 heavy (non-hydrogen) atoms. The summed E-state index contributed by atoms with van der Waals surface area (Å²) >= 11 is 0. The molecule has 0 radical (unpaired) electrons. The van der Waals surface area contributed by atoms with E-state index in [-0.39, 0.29) is 12.5 Å². The van der Waals surface area contributed by atoms with Crippen molar-refractivity contribution in [3.8, 4) is 5.75 Å². The van der Waals surface area contributed by atoms with Gasteiger partial charge in [0.05, 0.1) is 20.3 Å². The molecule has 0 unspecified atom stereocenters. The maximum absolute atomic E-state index is 11.1. The van der Waals surface area contributed by atoms with Crippen molar-refractivity contribution in [1.82, 2.24) is 5.32 Å². The number of para-hydroxylation sites is 1. The SMILES string of the molecule is CCOC(=O)CNCc1ccccc1OC. The van der Waals surface area contributed by atoms with E-state index in [1.165, 1.54) is 0 Å². The van der Waals surface area contributed by atoms with Gasteiger partial charge < -0.3 is 14.8 Å². The summed E-state index contributed by atoms with van der Waals surface area (Å²) < 4.78 is 10.00. The first-order valence-corrected chi connectivity index (χ1v) is 5.26. The number of esters is 1. The highest BCUT2D eigenvalue weighted by Gasteiger charge is 2.03. The van der Waals surface area contributed by atoms with E-state index < -0.39 is 0 Å². The van der Waals surface area contributed by atoms with Crippen molar-refractivity contribution < 1.29 is 14.3 Å². The van der Waals surface area contributed by atoms with Crippen molar-refractivity contribution in [1.29, 1.82) is 0 Å². The van der Waals surface area contributed by atoms with Crippen molar-refractivity contribution in [2.45, 2.75) is 13.5 Å². The summed E-state index contributed by atoms with van der Waals surface area (Å²) in [5, 5.41) is 3.01. The van der Waals surface area contributed by atoms with E-state index in [0.29, 0.717) is 13.2 Å². The van der Waals surface area contributed by atoms with Gasteiger partial charge in [-0.3, -0.25) is 4.79 Å². The summed E-state index contributed by atoms with van der Waals surface area (Å²) in [5.41, 5.74) is 1.02. The van der Waals surface area contributed by atoms with E-state index in [0.717, 1.165) is 11.3 Å². The van der Waals surface area contributed by atoms with E-state index in [4.69, 9.17) is 9.47 Å². The Balaban J connectivity index is 2.39. The summed E-state index contributed by atoms with van der Waals surface area (Å²) in [5.74, 6) is 0.580. The molecule has 1 rings (SSSR count). The molecule has 0 aromatic heterocycles. The molecule has 0 saturated carbocycles. The highest BCUT2D eigenvalue weighted by atomic mass is 16.5. The summed E-state index contributed by atoms with van der Waals surface area (Å²) in [6.45, 7) is 3.00. The average Bonchev–Trinajstić information content (AvgIpc) is 2.30. The number of hydrogen-bond donors (Lipinski definition) is 1. The lowest BCUT2D eigenvalue weighted by Crippen LogP contribution is -2.24. The molecule has 0 bridgehead atoms. The molecular weight excluding hydrogens is 206 g/mol. The minimum absolute atomic E-state index is 0.214. The molecule has 0 aliphatic carbocycles. The predicted octanol–water partition coefficient (Wildman–Crippen LogP) is 1.35. The van der Waals surface area contributed by atoms with Crippen LogP contribution in [-0.4, -0.2) is 26.2 Å². The normalized spacial score (nSPS) is 9.88. The highest BCUT2D eigenvalue weighted by Crippen LogP contribution is 2.16. The molecule has 0 heterocycles. The Morgan fingerprint density at radius 2 is 2.12 bits per heavy atom. The second kappa shape index (κ2) is 6.85. The van der Waals surface area contributed by atoms with Crippen LogP contribution in [-0.2, 0) is 16.1 Å². The van der Waals surface area contributed by atoms with Crippen LogP contribution in [0.25, 0.3) is 0 Å². The minimum Gasteiger partial charge on any atom is -0.496 e. The Hall–Kier alpha value is -1.55. The van der Waals surface area contributed by atoms with Crippen LogP contribution in [0.2, 0.25) is 0 Å². The maximum atomic E-state index is 11.1. The molecular formula is C12H17NO3. The quantitative estimate of drug-likeness (QED) is 0.739. The number of carbonyl (C=O) groups excluding carboxylic acids is 1. The third kappa shape index (κ3) is 3.90. The van der Waals surface area contributed by atoms with E-state index in [9.17, 15) is 4.79 Å². The third-order valence-corrected chi connectivity index (χ3v) is 2.08. The molecule has 1 aromatic carbocycles. The average molecular weight is 223 g/mol. The van der Waals surface area contributed by atoms with E-state index in [2.05, 4.69) is 5.32 Å². The lowest BCUT2D eigenvalue weighted by molar-refractivity contribution is -0.142. The van der Waals surface area contributed by atoms with Crippen molar-refractivity contribution in [3.05, 3.63) is 29.8 Å². The fourth-order valence-electron chi connectivity index (χ4n) is 1.36. The molecule has 4 heteroatoms. The van der Waals surface area contributed by atoms with Crippen molar-refractivity contribution in [2.75, 3.05) is 20.3 Å². The van der Waals surface area contributed by atoms with Crippen molar-refractivity contribution in [3.63, 3.8) is 0 Å². The molecule has 0 aliphatic heterocycles. The zero-order chi connectivity index (χ0) is 11.8. The zero-order valence-corrected chi connectivity index (χ0v) is 9.66. The van der Waals surface area contributed by atoms with Crippen molar-refractivity contribution >= 4 is 5.97 Å². The minimum atomic E-state index is -0.239. The van der Waals surface area contributed by atoms with Crippen LogP contribution in [0, 0.1) is 0 Å². The largest absolute Gasteiger partial charge is 0.496 e. The molecule has 1 aromatic rings. The number of ether oxygens (including phenoxy) is 2. The number of benzene rings is 1. The van der Waals surface area contributed by atoms with Gasteiger partial charge in [0.25, 0.3) is 0 Å². The predicted molar refractivity (Wildman–Crippen MR) is 61.3 cm³/mol. The topological polar surface area (TPSA) is 47.6 Å². The number of methoxy groups -OCH3 is 1. The van der Waals surface area contributed by atoms with Crippen LogP contribution in [0.15, 0.2) is 24.3 Å². The zero-order valence-electron chi connectivity index (χ0n) is 9.66. The van der Waals surface area contributed by atoms with Crippen LogP contribution in [0.1, 0.15) is 12.5 Å². The van der Waals surface area contributed by atoms with Crippen LogP contribution in [0.4, 0.5) is 0 Å². The smallest absolute Gasteiger partial charge is 0.319 e. The van der Waals surface area contributed by atoms with Crippen LogP contribution < -0.4 is 10.1 Å². The van der Waals surface area contributed by atoms with Crippen LogP contribution in [0.5, 0.6) is 5.75 Å². The molecule has 0 amide bonds. The van der Waals surface area contributed by atoms with Gasteiger partial charge in [0.2, 0.25) is 0 Å². The van der Waals surface area contributed by atoms with Gasteiger partial charge in [-0.25, -0.2) is 0 Å². The van der Waals surface area contributed by atoms with Gasteiger partial charge in [-0.1, -0.05) is 18.2 Å². The number of rotatable bonds is 6. The van der Waals surface area contributed by atoms with Gasteiger partial charge in [0.1, 0.15) is 5.75 Å². The standard InChI is InChI=1S/C12H17NO3/c1-3-16-12(14)9-13-8-10-6-4-5-7-11(10)15-2/h4-7,13H,3,8-9H2,1-2H3. The summed E-state index contributed by atoms with van der Waals surface area (Å²) in [4.78, 5) is 11.1. The Morgan fingerprint density at radius 1 is 1.38 bits per heavy atom. The summed E-state index contributed by atoms with van der Waals surface area (Å²) in [6, 6.07) is 7.69. The monoisotopic (exact) mass is 223 g/mol. The van der Waals surface area contributed by atoms with Crippen LogP contribution >= 0.6 is 0 Å². The third-order valence-electron chi connectivity index (χ3n) is 2.08. The maximum Gasteiger partial charge on any atom is 0.319 e. The number of carbonyl (C=O) groups is 1. The Kier molecular flexibility index (Phi) is 5.36. The molecule has 0 fully saturated rings. The fraction of sp³-hybridized carbons (Fsp3) is 0.417. The highest BCUT2D eigenvalue weighted by molar-refractivity contribution is 5.71. The van der Waals surface area contributed by atoms with Gasteiger partial charge in [-0.05, 0) is 13.0 Å². The van der Waals surface area contributed by atoms with E-state index in [1.54, 1.807) is 14.0 Å². The van der Waals surface area contributed by atoms with Gasteiger partial charge in [-0.15, -0.1) is 0 Å². The van der Waals surface area contributed by atoms with Crippen LogP contribution in [0.3, 0.4) is 0 Å². The second-order valence-corrected chi connectivity index (χ2v) is 3.22. The molecule has 0 saturated heterocycles. The second-order valence-electron chi connectivity index (χ2n) is 3.22. The number of hydrogen-bond acceptors (Lipinski definition) is 4. The van der Waals surface area contributed by atoms with Gasteiger partial charge in [0, 0.05) is 12.1 Å². The molecule has 4 nitrogen and oxygen atoms in total. The van der Waals surface area contributed by atoms with E-state index >= 15 is 0 Å². The lowest BCUT2D eigenvalue weighted by atomic mass is 10.2. The molecule has 0 aliphatic rings. The van der Waals surface area contributed by atoms with Gasteiger partial charge in [-0.2, -0.15) is 0 Å². The molecule has 0 atom stereocenters. The van der Waals surface area contributed by atoms with E-state index in [1.807, 2.05) is 24.3 Å². The first-order valence-electron chi connectivity index (χ1n) is 5.26. The fourth-order valence-corrected chi connectivity index (χ4v) is 1.36. The van der Waals surface area contributed by atoms with Gasteiger partial charge >= 0.3 is 5.97 Å². The first-order chi connectivity index (χ1) is 7.77. The Bertz CT molecular complexity index is 339. The molecule has 88 valence electrons. The first kappa shape index (κ1) is 12.5. The Labute approximate surface area is 95.6 Å². The van der Waals surface area contributed by atoms with Crippen molar-refractivity contribution in [2.24, 2.45) is 0 Å². The Morgan fingerprint density at radius 3 is 2.81 bits per heavy atom. The summed E-state index contributed by atoms with van der Waals surface area (Å²) in [6.07, 6.45) is 0. The molecule has 1 N–H and O–H groups in total. The lowest BCUT2D eigenvalue weighted by Gasteiger charge is -2.08. The molecule has 0 spiro atoms.